The van der Waals surface area contributed by atoms with Crippen molar-refractivity contribution >= 4 is 17.5 Å². The predicted octanol–water partition coefficient (Wildman–Crippen LogP) is 3.40. The summed E-state index contributed by atoms with van der Waals surface area (Å²) in [6.45, 7) is 5.91. The highest BCUT2D eigenvalue weighted by atomic mass is 32.2. The second-order valence-corrected chi connectivity index (χ2v) is 6.10. The molecule has 0 amide bonds. The highest BCUT2D eigenvalue weighted by Crippen LogP contribution is 2.25. The Hall–Kier alpha value is -1.55. The first-order valence-electron chi connectivity index (χ1n) is 6.25. The molecule has 1 unspecified atom stereocenters. The molecule has 0 aliphatic carbocycles. The number of rotatable bonds is 4. The Bertz CT molecular complexity index is 587. The normalized spacial score (nSPS) is 12.4. The summed E-state index contributed by atoms with van der Waals surface area (Å²) in [6, 6.07) is 9.73. The molecule has 3 nitrogen and oxygen atoms in total. The van der Waals surface area contributed by atoms with E-state index in [1.54, 1.807) is 11.8 Å². The Labute approximate surface area is 118 Å². The van der Waals surface area contributed by atoms with Crippen molar-refractivity contribution in [3.63, 3.8) is 0 Å². The van der Waals surface area contributed by atoms with Crippen LogP contribution in [0.2, 0.25) is 0 Å². The highest BCUT2D eigenvalue weighted by Gasteiger charge is 2.18. The van der Waals surface area contributed by atoms with Gasteiger partial charge in [0, 0.05) is 12.6 Å². The molecule has 1 aromatic carbocycles. The fourth-order valence-corrected chi connectivity index (χ4v) is 2.92. The van der Waals surface area contributed by atoms with Crippen LogP contribution in [-0.2, 0) is 7.05 Å². The van der Waals surface area contributed by atoms with Gasteiger partial charge in [-0.3, -0.25) is 9.48 Å². The number of hydrogen-bond acceptors (Lipinski definition) is 3. The Morgan fingerprint density at radius 1 is 1.26 bits per heavy atom. The number of aromatic nitrogens is 2. The number of aryl methyl sites for hydroxylation is 3. The molecule has 0 bridgehead atoms. The molecule has 0 saturated carbocycles. The van der Waals surface area contributed by atoms with E-state index in [9.17, 15) is 4.79 Å². The lowest BCUT2D eigenvalue weighted by atomic mass is 10.1. The topological polar surface area (TPSA) is 34.9 Å². The molecule has 0 aliphatic rings. The summed E-state index contributed by atoms with van der Waals surface area (Å²) < 4.78 is 1.82. The maximum atomic E-state index is 12.3. The number of carbonyl (C=O) groups excluding carboxylic acids is 1. The van der Waals surface area contributed by atoms with Crippen LogP contribution in [0.15, 0.2) is 35.4 Å². The van der Waals surface area contributed by atoms with Crippen molar-refractivity contribution in [2.45, 2.75) is 31.0 Å². The van der Waals surface area contributed by atoms with Crippen molar-refractivity contribution in [1.29, 1.82) is 0 Å². The zero-order valence-electron chi connectivity index (χ0n) is 11.7. The first-order chi connectivity index (χ1) is 8.97. The van der Waals surface area contributed by atoms with E-state index in [1.807, 2.05) is 62.8 Å². The first kappa shape index (κ1) is 13.9. The predicted molar refractivity (Wildman–Crippen MR) is 78.8 cm³/mol. The highest BCUT2D eigenvalue weighted by molar-refractivity contribution is 8.00. The lowest BCUT2D eigenvalue weighted by Crippen LogP contribution is -2.14. The average Bonchev–Trinajstić information content (AvgIpc) is 2.68. The van der Waals surface area contributed by atoms with Gasteiger partial charge in [-0.25, -0.2) is 0 Å². The van der Waals surface area contributed by atoms with E-state index < -0.39 is 0 Å². The van der Waals surface area contributed by atoms with Gasteiger partial charge in [0.1, 0.15) is 0 Å². The zero-order valence-corrected chi connectivity index (χ0v) is 12.5. The van der Waals surface area contributed by atoms with E-state index in [0.717, 1.165) is 16.3 Å². The van der Waals surface area contributed by atoms with E-state index in [0.29, 0.717) is 0 Å². The third kappa shape index (κ3) is 3.26. The Morgan fingerprint density at radius 2 is 1.89 bits per heavy atom. The molecular weight excluding hydrogens is 256 g/mol. The first-order valence-corrected chi connectivity index (χ1v) is 7.13. The molecule has 0 radical (unpaired) electrons. The van der Waals surface area contributed by atoms with Crippen LogP contribution >= 0.6 is 11.8 Å². The fraction of sp³-hybridized carbons (Fsp3) is 0.333. The van der Waals surface area contributed by atoms with Crippen molar-refractivity contribution < 1.29 is 4.79 Å². The monoisotopic (exact) mass is 274 g/mol. The summed E-state index contributed by atoms with van der Waals surface area (Å²) >= 11 is 1.55. The second kappa shape index (κ2) is 5.61. The summed E-state index contributed by atoms with van der Waals surface area (Å²) in [5, 5.41) is 5.20. The molecule has 2 rings (SSSR count). The third-order valence-corrected chi connectivity index (χ3v) is 4.15. The van der Waals surface area contributed by atoms with Crippen LogP contribution < -0.4 is 0 Å². The lowest BCUT2D eigenvalue weighted by Gasteiger charge is -2.10. The number of ketones is 1. The number of Topliss-reactive ketones (excluding diaryl/α,β-unsaturated/α-hetero) is 1. The van der Waals surface area contributed by atoms with Crippen molar-refractivity contribution in [3.05, 3.63) is 47.2 Å². The quantitative estimate of drug-likeness (QED) is 0.633. The number of carbonyl (C=O) groups is 1. The van der Waals surface area contributed by atoms with Gasteiger partial charge in [-0.2, -0.15) is 5.10 Å². The Kier molecular flexibility index (Phi) is 4.10. The minimum Gasteiger partial charge on any atom is -0.293 e. The summed E-state index contributed by atoms with van der Waals surface area (Å²) in [6.07, 6.45) is 0. The molecule has 19 heavy (non-hydrogen) atoms. The van der Waals surface area contributed by atoms with Crippen LogP contribution in [0.4, 0.5) is 0 Å². The van der Waals surface area contributed by atoms with Gasteiger partial charge in [0.25, 0.3) is 0 Å². The molecule has 0 fully saturated rings. The van der Waals surface area contributed by atoms with E-state index in [-0.39, 0.29) is 11.0 Å². The molecule has 1 atom stereocenters. The maximum Gasteiger partial charge on any atom is 0.175 e. The van der Waals surface area contributed by atoms with Gasteiger partial charge in [0.05, 0.1) is 16.0 Å². The number of hydrogen-bond donors (Lipinski definition) is 0. The van der Waals surface area contributed by atoms with Crippen LogP contribution in [0.5, 0.6) is 0 Å². The van der Waals surface area contributed by atoms with Gasteiger partial charge in [-0.05, 0) is 26.8 Å². The van der Waals surface area contributed by atoms with Gasteiger partial charge >= 0.3 is 0 Å². The summed E-state index contributed by atoms with van der Waals surface area (Å²) in [5.74, 6) is 0.156. The fourth-order valence-electron chi connectivity index (χ4n) is 1.88. The molecule has 1 heterocycles. The summed E-state index contributed by atoms with van der Waals surface area (Å²) in [4.78, 5) is 12.3. The van der Waals surface area contributed by atoms with Crippen LogP contribution in [0.3, 0.4) is 0 Å². The third-order valence-electron chi connectivity index (χ3n) is 2.96. The molecule has 0 aliphatic heterocycles. The van der Waals surface area contributed by atoms with Crippen LogP contribution in [0.25, 0.3) is 0 Å². The van der Waals surface area contributed by atoms with E-state index in [1.165, 1.54) is 5.56 Å². The van der Waals surface area contributed by atoms with Gasteiger partial charge in [-0.1, -0.05) is 41.6 Å². The van der Waals surface area contributed by atoms with Crippen LogP contribution in [0, 0.1) is 13.8 Å². The van der Waals surface area contributed by atoms with E-state index in [4.69, 9.17) is 0 Å². The molecule has 4 heteroatoms. The zero-order chi connectivity index (χ0) is 14.0. The second-order valence-electron chi connectivity index (χ2n) is 4.74. The molecule has 0 N–H and O–H groups in total. The lowest BCUT2D eigenvalue weighted by molar-refractivity contribution is 0.0994. The van der Waals surface area contributed by atoms with Crippen LogP contribution in [-0.4, -0.2) is 20.8 Å². The molecule has 2 aromatic rings. The summed E-state index contributed by atoms with van der Waals surface area (Å²) in [5.41, 5.74) is 2.91. The summed E-state index contributed by atoms with van der Waals surface area (Å²) in [7, 11) is 1.90. The number of thioether (sulfide) groups is 1. The van der Waals surface area contributed by atoms with Crippen molar-refractivity contribution in [1.82, 2.24) is 9.78 Å². The Balaban J connectivity index is 2.11. The molecular formula is C15H18N2OS. The minimum atomic E-state index is -0.113. The largest absolute Gasteiger partial charge is 0.293 e. The number of benzene rings is 1. The van der Waals surface area contributed by atoms with Gasteiger partial charge in [0.2, 0.25) is 0 Å². The standard InChI is InChI=1S/C15H18N2OS/c1-10-5-7-13(8-6-10)15(18)12(3)19-14-9-11(2)16-17(14)4/h5-9,12H,1-4H3. The molecule has 100 valence electrons. The smallest absolute Gasteiger partial charge is 0.175 e. The molecule has 1 aromatic heterocycles. The Morgan fingerprint density at radius 3 is 2.42 bits per heavy atom. The van der Waals surface area contributed by atoms with Gasteiger partial charge < -0.3 is 0 Å². The molecule has 0 spiro atoms. The van der Waals surface area contributed by atoms with E-state index in [2.05, 4.69) is 5.10 Å². The maximum absolute atomic E-state index is 12.3. The van der Waals surface area contributed by atoms with Gasteiger partial charge in [-0.15, -0.1) is 0 Å². The van der Waals surface area contributed by atoms with Gasteiger partial charge in [0.15, 0.2) is 5.78 Å². The average molecular weight is 274 g/mol. The number of nitrogens with zero attached hydrogens (tertiary/aromatic N) is 2. The SMILES string of the molecule is Cc1ccc(C(=O)C(C)Sc2cc(C)nn2C)cc1. The van der Waals surface area contributed by atoms with Crippen LogP contribution in [0.1, 0.15) is 28.5 Å². The minimum absolute atomic E-state index is 0.113. The van der Waals surface area contributed by atoms with Crippen molar-refractivity contribution in [3.8, 4) is 0 Å². The molecule has 0 saturated heterocycles. The van der Waals surface area contributed by atoms with Crippen molar-refractivity contribution in [2.75, 3.05) is 0 Å². The van der Waals surface area contributed by atoms with E-state index >= 15 is 0 Å². The van der Waals surface area contributed by atoms with Crippen molar-refractivity contribution in [2.24, 2.45) is 7.05 Å².